The lowest BCUT2D eigenvalue weighted by molar-refractivity contribution is -0.114. The van der Waals surface area contributed by atoms with E-state index in [9.17, 15) is 9.18 Å². The van der Waals surface area contributed by atoms with Gasteiger partial charge in [-0.05, 0) is 42.3 Å². The predicted octanol–water partition coefficient (Wildman–Crippen LogP) is 3.37. The molecule has 0 radical (unpaired) electrons. The van der Waals surface area contributed by atoms with E-state index >= 15 is 0 Å². The molecule has 0 saturated heterocycles. The Morgan fingerprint density at radius 3 is 2.67 bits per heavy atom. The van der Waals surface area contributed by atoms with Gasteiger partial charge >= 0.3 is 0 Å². The van der Waals surface area contributed by atoms with Crippen molar-refractivity contribution in [3.63, 3.8) is 0 Å². The SMILES string of the molecule is CC(=O)Nc1cccc(Nc2nncc(NCCc3ccc(F)cc3)n2)c1. The molecule has 1 aromatic heterocycles. The summed E-state index contributed by atoms with van der Waals surface area (Å²) in [4.78, 5) is 15.5. The first-order valence-corrected chi connectivity index (χ1v) is 8.41. The van der Waals surface area contributed by atoms with Gasteiger partial charge in [0.15, 0.2) is 5.82 Å². The Morgan fingerprint density at radius 2 is 1.89 bits per heavy atom. The van der Waals surface area contributed by atoms with Crippen molar-refractivity contribution < 1.29 is 9.18 Å². The van der Waals surface area contributed by atoms with Gasteiger partial charge in [0.2, 0.25) is 11.9 Å². The standard InChI is InChI=1S/C19H19FN6O/c1-13(27)23-16-3-2-4-17(11-16)24-19-25-18(12-22-26-19)21-10-9-14-5-7-15(20)8-6-14/h2-8,11-12H,9-10H2,1H3,(H,23,27)(H2,21,24,25,26). The first kappa shape index (κ1) is 18.2. The number of halogens is 1. The highest BCUT2D eigenvalue weighted by Gasteiger charge is 2.03. The smallest absolute Gasteiger partial charge is 0.249 e. The van der Waals surface area contributed by atoms with E-state index in [1.807, 2.05) is 12.1 Å². The Balaban J connectivity index is 1.58. The van der Waals surface area contributed by atoms with Gasteiger partial charge in [-0.3, -0.25) is 4.79 Å². The zero-order chi connectivity index (χ0) is 19.1. The van der Waals surface area contributed by atoms with Gasteiger partial charge in [0.1, 0.15) is 5.82 Å². The third-order valence-electron chi connectivity index (χ3n) is 3.63. The van der Waals surface area contributed by atoms with E-state index in [2.05, 4.69) is 31.1 Å². The summed E-state index contributed by atoms with van der Waals surface area (Å²) in [6.45, 7) is 2.08. The highest BCUT2D eigenvalue weighted by molar-refractivity contribution is 5.89. The van der Waals surface area contributed by atoms with Crippen LogP contribution in [0.25, 0.3) is 0 Å². The van der Waals surface area contributed by atoms with Crippen LogP contribution in [-0.2, 0) is 11.2 Å². The Labute approximate surface area is 156 Å². The molecule has 7 nitrogen and oxygen atoms in total. The molecule has 0 aliphatic heterocycles. The molecule has 0 aliphatic carbocycles. The average molecular weight is 366 g/mol. The number of carbonyl (C=O) groups excluding carboxylic acids is 1. The molecule has 3 N–H and O–H groups in total. The predicted molar refractivity (Wildman–Crippen MR) is 102 cm³/mol. The zero-order valence-corrected chi connectivity index (χ0v) is 14.7. The van der Waals surface area contributed by atoms with Crippen molar-refractivity contribution >= 4 is 29.0 Å². The van der Waals surface area contributed by atoms with Crippen LogP contribution < -0.4 is 16.0 Å². The van der Waals surface area contributed by atoms with Crippen LogP contribution in [0.2, 0.25) is 0 Å². The number of hydrogen-bond donors (Lipinski definition) is 3. The minimum atomic E-state index is -0.245. The molecule has 138 valence electrons. The van der Waals surface area contributed by atoms with Crippen LogP contribution in [0.5, 0.6) is 0 Å². The van der Waals surface area contributed by atoms with Gasteiger partial charge in [0, 0.05) is 24.8 Å². The molecule has 0 spiro atoms. The molecule has 0 saturated carbocycles. The van der Waals surface area contributed by atoms with Crippen molar-refractivity contribution in [1.82, 2.24) is 15.2 Å². The van der Waals surface area contributed by atoms with Gasteiger partial charge in [-0.2, -0.15) is 10.1 Å². The summed E-state index contributed by atoms with van der Waals surface area (Å²) in [5, 5.41) is 16.8. The molecule has 1 amide bonds. The van der Waals surface area contributed by atoms with E-state index in [-0.39, 0.29) is 11.7 Å². The topological polar surface area (TPSA) is 91.8 Å². The summed E-state index contributed by atoms with van der Waals surface area (Å²) < 4.78 is 12.9. The maximum atomic E-state index is 12.9. The summed E-state index contributed by atoms with van der Waals surface area (Å²) >= 11 is 0. The number of benzene rings is 2. The molecular formula is C19H19FN6O. The monoisotopic (exact) mass is 366 g/mol. The molecular weight excluding hydrogens is 347 g/mol. The van der Waals surface area contributed by atoms with Crippen molar-refractivity contribution in [2.75, 3.05) is 22.5 Å². The van der Waals surface area contributed by atoms with Crippen molar-refractivity contribution in [3.05, 3.63) is 66.1 Å². The summed E-state index contributed by atoms with van der Waals surface area (Å²) in [5.74, 6) is 0.525. The molecule has 2 aromatic carbocycles. The number of anilines is 4. The lowest BCUT2D eigenvalue weighted by atomic mass is 10.1. The number of rotatable bonds is 7. The number of carbonyl (C=O) groups is 1. The lowest BCUT2D eigenvalue weighted by Gasteiger charge is -2.09. The maximum absolute atomic E-state index is 12.9. The van der Waals surface area contributed by atoms with Crippen LogP contribution in [0.15, 0.2) is 54.7 Å². The van der Waals surface area contributed by atoms with E-state index < -0.39 is 0 Å². The molecule has 3 aromatic rings. The normalized spacial score (nSPS) is 10.3. The Morgan fingerprint density at radius 1 is 1.11 bits per heavy atom. The minimum Gasteiger partial charge on any atom is -0.368 e. The summed E-state index contributed by atoms with van der Waals surface area (Å²) in [6.07, 6.45) is 2.26. The van der Waals surface area contributed by atoms with Gasteiger partial charge in [-0.25, -0.2) is 4.39 Å². The fraction of sp³-hybridized carbons (Fsp3) is 0.158. The molecule has 0 aliphatic rings. The minimum absolute atomic E-state index is 0.141. The summed E-state index contributed by atoms with van der Waals surface area (Å²) in [5.41, 5.74) is 2.43. The second-order valence-corrected chi connectivity index (χ2v) is 5.86. The Kier molecular flexibility index (Phi) is 5.88. The van der Waals surface area contributed by atoms with Gasteiger partial charge in [0.25, 0.3) is 0 Å². The summed E-state index contributed by atoms with van der Waals surface area (Å²) in [6, 6.07) is 13.6. The number of nitrogens with one attached hydrogen (secondary N) is 3. The number of hydrogen-bond acceptors (Lipinski definition) is 6. The van der Waals surface area contributed by atoms with Crippen molar-refractivity contribution in [1.29, 1.82) is 0 Å². The third kappa shape index (κ3) is 5.74. The molecule has 8 heteroatoms. The molecule has 0 atom stereocenters. The summed E-state index contributed by atoms with van der Waals surface area (Å²) in [7, 11) is 0. The average Bonchev–Trinajstić information content (AvgIpc) is 2.63. The van der Waals surface area contributed by atoms with Gasteiger partial charge in [-0.15, -0.1) is 5.10 Å². The van der Waals surface area contributed by atoms with E-state index in [4.69, 9.17) is 0 Å². The van der Waals surface area contributed by atoms with Crippen LogP contribution in [0.3, 0.4) is 0 Å². The van der Waals surface area contributed by atoms with Gasteiger partial charge in [-0.1, -0.05) is 18.2 Å². The van der Waals surface area contributed by atoms with Gasteiger partial charge in [0.05, 0.1) is 6.20 Å². The lowest BCUT2D eigenvalue weighted by Crippen LogP contribution is -2.09. The number of aromatic nitrogens is 3. The highest BCUT2D eigenvalue weighted by atomic mass is 19.1. The molecule has 0 fully saturated rings. The molecule has 27 heavy (non-hydrogen) atoms. The van der Waals surface area contributed by atoms with Crippen LogP contribution in [-0.4, -0.2) is 27.6 Å². The van der Waals surface area contributed by atoms with E-state index in [0.29, 0.717) is 24.0 Å². The van der Waals surface area contributed by atoms with E-state index in [0.717, 1.165) is 17.7 Å². The quantitative estimate of drug-likeness (QED) is 0.594. The fourth-order valence-electron chi connectivity index (χ4n) is 2.43. The largest absolute Gasteiger partial charge is 0.368 e. The van der Waals surface area contributed by atoms with Crippen LogP contribution in [0.4, 0.5) is 27.5 Å². The Bertz CT molecular complexity index is 916. The first-order valence-electron chi connectivity index (χ1n) is 8.41. The molecule has 3 rings (SSSR count). The molecule has 0 bridgehead atoms. The van der Waals surface area contributed by atoms with Crippen molar-refractivity contribution in [2.45, 2.75) is 13.3 Å². The third-order valence-corrected chi connectivity index (χ3v) is 3.63. The zero-order valence-electron chi connectivity index (χ0n) is 14.7. The van der Waals surface area contributed by atoms with Crippen LogP contribution in [0, 0.1) is 5.82 Å². The van der Waals surface area contributed by atoms with Gasteiger partial charge < -0.3 is 16.0 Å². The van der Waals surface area contributed by atoms with Crippen molar-refractivity contribution in [2.24, 2.45) is 0 Å². The number of amides is 1. The van der Waals surface area contributed by atoms with E-state index in [1.165, 1.54) is 25.3 Å². The molecule has 1 heterocycles. The maximum Gasteiger partial charge on any atom is 0.249 e. The second-order valence-electron chi connectivity index (χ2n) is 5.86. The molecule has 0 unspecified atom stereocenters. The highest BCUT2D eigenvalue weighted by Crippen LogP contribution is 2.18. The van der Waals surface area contributed by atoms with Crippen LogP contribution in [0.1, 0.15) is 12.5 Å². The van der Waals surface area contributed by atoms with Crippen molar-refractivity contribution in [3.8, 4) is 0 Å². The second kappa shape index (κ2) is 8.70. The van der Waals surface area contributed by atoms with Crippen LogP contribution >= 0.6 is 0 Å². The fourth-order valence-corrected chi connectivity index (χ4v) is 2.43. The first-order chi connectivity index (χ1) is 13.1. The van der Waals surface area contributed by atoms with E-state index in [1.54, 1.807) is 24.3 Å². The number of nitrogens with zero attached hydrogens (tertiary/aromatic N) is 3. The Hall–Kier alpha value is -3.55.